The number of hydrogen-bond acceptors (Lipinski definition) is 6. The van der Waals surface area contributed by atoms with Crippen LogP contribution in [0.25, 0.3) is 11.3 Å². The molecule has 1 aromatic heterocycles. The summed E-state index contributed by atoms with van der Waals surface area (Å²) in [6.07, 6.45) is -3.85. The van der Waals surface area contributed by atoms with Crippen molar-refractivity contribution >= 4 is 17.8 Å². The van der Waals surface area contributed by atoms with Crippen LogP contribution in [-0.4, -0.2) is 41.6 Å². The molecule has 0 aliphatic carbocycles. The zero-order valence-electron chi connectivity index (χ0n) is 15.7. The number of alkyl halides is 3. The predicted octanol–water partition coefficient (Wildman–Crippen LogP) is 3.36. The zero-order chi connectivity index (χ0) is 21.2. The van der Waals surface area contributed by atoms with Crippen LogP contribution in [0, 0.1) is 5.92 Å². The number of likely N-dealkylation sites (tertiary alicyclic amines) is 1. The Kier molecular flexibility index (Phi) is 5.81. The Hall–Kier alpha value is -3.04. The number of halogens is 3. The van der Waals surface area contributed by atoms with Crippen molar-refractivity contribution in [1.29, 1.82) is 0 Å². The van der Waals surface area contributed by atoms with Crippen molar-refractivity contribution < 1.29 is 32.0 Å². The molecular formula is C19H20F3N3O4. The summed E-state index contributed by atoms with van der Waals surface area (Å²) in [5.41, 5.74) is 4.03. The van der Waals surface area contributed by atoms with Crippen molar-refractivity contribution in [3.63, 3.8) is 0 Å². The van der Waals surface area contributed by atoms with Gasteiger partial charge in [-0.2, -0.15) is 13.2 Å². The smallest absolute Gasteiger partial charge is 0.417 e. The Labute approximate surface area is 164 Å². The Bertz CT molecular complexity index is 902. The normalized spacial score (nSPS) is 15.4. The molecule has 3 rings (SSSR count). The van der Waals surface area contributed by atoms with Crippen LogP contribution in [0.2, 0.25) is 0 Å². The van der Waals surface area contributed by atoms with E-state index in [9.17, 15) is 22.8 Å². The number of benzene rings is 1. The lowest BCUT2D eigenvalue weighted by Crippen LogP contribution is -2.41. The number of nitrogens with two attached hydrogens (primary N) is 1. The first kappa shape index (κ1) is 20.7. The second-order valence-electron chi connectivity index (χ2n) is 6.63. The molecule has 1 aliphatic heterocycles. The van der Waals surface area contributed by atoms with Gasteiger partial charge in [0, 0.05) is 18.7 Å². The lowest BCUT2D eigenvalue weighted by Gasteiger charge is -2.30. The molecule has 0 atom stereocenters. The van der Waals surface area contributed by atoms with Crippen LogP contribution in [0.4, 0.5) is 19.1 Å². The van der Waals surface area contributed by atoms with E-state index >= 15 is 0 Å². The summed E-state index contributed by atoms with van der Waals surface area (Å²) >= 11 is 0. The number of nitrogens with zero attached hydrogens (tertiary/aromatic N) is 2. The number of amides is 1. The molecule has 1 saturated heterocycles. The van der Waals surface area contributed by atoms with Crippen molar-refractivity contribution in [3.05, 3.63) is 35.4 Å². The van der Waals surface area contributed by atoms with E-state index in [2.05, 4.69) is 5.16 Å². The number of carbonyl (C=O) groups is 2. The van der Waals surface area contributed by atoms with E-state index in [1.165, 1.54) is 23.1 Å². The molecule has 0 saturated carbocycles. The minimum atomic E-state index is -4.64. The highest BCUT2D eigenvalue weighted by atomic mass is 19.4. The summed E-state index contributed by atoms with van der Waals surface area (Å²) < 4.78 is 50.0. The number of aromatic nitrogens is 1. The van der Waals surface area contributed by atoms with Crippen molar-refractivity contribution in [2.75, 3.05) is 25.4 Å². The van der Waals surface area contributed by atoms with E-state index < -0.39 is 17.6 Å². The average Bonchev–Trinajstić information content (AvgIpc) is 3.08. The minimum absolute atomic E-state index is 0.212. The predicted molar refractivity (Wildman–Crippen MR) is 96.6 cm³/mol. The van der Waals surface area contributed by atoms with Gasteiger partial charge in [-0.15, -0.1) is 0 Å². The summed E-state index contributed by atoms with van der Waals surface area (Å²) in [6.45, 7) is 2.48. The Morgan fingerprint density at radius 2 is 1.93 bits per heavy atom. The SMILES string of the molecule is CCOC(=O)C1CCN(C(=O)c2c(-c3ccccc3C(F)(F)F)noc2N)CC1. The maximum atomic E-state index is 13.4. The number of piperidine rings is 1. The third-order valence-corrected chi connectivity index (χ3v) is 4.82. The minimum Gasteiger partial charge on any atom is -0.466 e. The number of rotatable bonds is 4. The van der Waals surface area contributed by atoms with Crippen LogP contribution in [0.3, 0.4) is 0 Å². The first-order chi connectivity index (χ1) is 13.7. The largest absolute Gasteiger partial charge is 0.466 e. The van der Waals surface area contributed by atoms with E-state index in [4.69, 9.17) is 15.0 Å². The summed E-state index contributed by atoms with van der Waals surface area (Å²) in [5.74, 6) is -1.57. The molecule has 1 aliphatic rings. The lowest BCUT2D eigenvalue weighted by atomic mass is 9.95. The molecule has 0 unspecified atom stereocenters. The maximum Gasteiger partial charge on any atom is 0.417 e. The lowest BCUT2D eigenvalue weighted by molar-refractivity contribution is -0.149. The van der Waals surface area contributed by atoms with Crippen molar-refractivity contribution in [2.24, 2.45) is 5.92 Å². The van der Waals surface area contributed by atoms with Gasteiger partial charge in [0.1, 0.15) is 11.3 Å². The van der Waals surface area contributed by atoms with Gasteiger partial charge in [-0.25, -0.2) is 0 Å². The number of nitrogen functional groups attached to an aromatic ring is 1. The van der Waals surface area contributed by atoms with Gasteiger partial charge >= 0.3 is 12.1 Å². The summed E-state index contributed by atoms with van der Waals surface area (Å²) in [4.78, 5) is 26.3. The number of carbonyl (C=O) groups excluding carboxylic acids is 2. The third-order valence-electron chi connectivity index (χ3n) is 4.82. The van der Waals surface area contributed by atoms with Crippen LogP contribution in [0.1, 0.15) is 35.7 Å². The highest BCUT2D eigenvalue weighted by molar-refractivity contribution is 6.04. The zero-order valence-corrected chi connectivity index (χ0v) is 15.7. The fourth-order valence-corrected chi connectivity index (χ4v) is 3.37. The first-order valence-corrected chi connectivity index (χ1v) is 9.11. The van der Waals surface area contributed by atoms with Gasteiger partial charge in [0.2, 0.25) is 5.88 Å². The van der Waals surface area contributed by atoms with E-state index in [1.54, 1.807) is 6.92 Å². The van der Waals surface area contributed by atoms with E-state index in [-0.39, 0.29) is 54.3 Å². The van der Waals surface area contributed by atoms with E-state index in [0.717, 1.165) is 6.07 Å². The Morgan fingerprint density at radius 3 is 2.55 bits per heavy atom. The second-order valence-corrected chi connectivity index (χ2v) is 6.63. The molecule has 2 N–H and O–H groups in total. The van der Waals surface area contributed by atoms with Gasteiger partial charge in [-0.3, -0.25) is 9.59 Å². The quantitative estimate of drug-likeness (QED) is 0.775. The third kappa shape index (κ3) is 4.20. The average molecular weight is 411 g/mol. The van der Waals surface area contributed by atoms with Gasteiger partial charge in [-0.05, 0) is 25.8 Å². The molecule has 1 amide bonds. The van der Waals surface area contributed by atoms with E-state index in [1.807, 2.05) is 0 Å². The molecular weight excluding hydrogens is 391 g/mol. The van der Waals surface area contributed by atoms with Crippen molar-refractivity contribution in [2.45, 2.75) is 25.9 Å². The Morgan fingerprint density at radius 1 is 1.28 bits per heavy atom. The summed E-state index contributed by atoms with van der Waals surface area (Å²) in [6, 6.07) is 4.77. The first-order valence-electron chi connectivity index (χ1n) is 9.11. The van der Waals surface area contributed by atoms with Crippen LogP contribution >= 0.6 is 0 Å². The molecule has 156 valence electrons. The van der Waals surface area contributed by atoms with Gasteiger partial charge in [0.15, 0.2) is 0 Å². The highest BCUT2D eigenvalue weighted by Crippen LogP contribution is 2.39. The van der Waals surface area contributed by atoms with Crippen LogP contribution in [0.15, 0.2) is 28.8 Å². The number of ether oxygens (including phenoxy) is 1. The highest BCUT2D eigenvalue weighted by Gasteiger charge is 2.37. The molecule has 2 heterocycles. The number of anilines is 1. The van der Waals surface area contributed by atoms with Crippen LogP contribution in [0.5, 0.6) is 0 Å². The van der Waals surface area contributed by atoms with Gasteiger partial charge in [0.05, 0.1) is 18.1 Å². The standard InChI is InChI=1S/C19H20F3N3O4/c1-2-28-18(27)11-7-9-25(10-8-11)17(26)14-15(24-29-16(14)23)12-5-3-4-6-13(12)19(20,21)22/h3-6,11H,2,7-10,23H2,1H3. The van der Waals surface area contributed by atoms with Crippen molar-refractivity contribution in [1.82, 2.24) is 10.1 Å². The maximum absolute atomic E-state index is 13.4. The Balaban J connectivity index is 1.87. The second kappa shape index (κ2) is 8.14. The molecule has 29 heavy (non-hydrogen) atoms. The van der Waals surface area contributed by atoms with Gasteiger partial charge in [-0.1, -0.05) is 23.4 Å². The van der Waals surface area contributed by atoms with Crippen molar-refractivity contribution in [3.8, 4) is 11.3 Å². The number of esters is 1. The molecule has 0 spiro atoms. The fraction of sp³-hybridized carbons (Fsp3) is 0.421. The molecule has 2 aromatic rings. The monoisotopic (exact) mass is 411 g/mol. The van der Waals surface area contributed by atoms with Gasteiger partial charge in [0.25, 0.3) is 5.91 Å². The van der Waals surface area contributed by atoms with E-state index in [0.29, 0.717) is 12.8 Å². The molecule has 7 nitrogen and oxygen atoms in total. The summed E-state index contributed by atoms with van der Waals surface area (Å²) in [5, 5.41) is 3.62. The van der Waals surface area contributed by atoms with Crippen LogP contribution in [-0.2, 0) is 15.7 Å². The van der Waals surface area contributed by atoms with Gasteiger partial charge < -0.3 is 19.9 Å². The molecule has 0 radical (unpaired) electrons. The summed E-state index contributed by atoms with van der Waals surface area (Å²) in [7, 11) is 0. The molecule has 1 aromatic carbocycles. The topological polar surface area (TPSA) is 98.7 Å². The fourth-order valence-electron chi connectivity index (χ4n) is 3.37. The van der Waals surface area contributed by atoms with Crippen LogP contribution < -0.4 is 5.73 Å². The number of hydrogen-bond donors (Lipinski definition) is 1. The molecule has 0 bridgehead atoms. The molecule has 1 fully saturated rings. The molecule has 10 heteroatoms.